The van der Waals surface area contributed by atoms with Crippen molar-refractivity contribution in [3.05, 3.63) is 57.6 Å². The first-order chi connectivity index (χ1) is 14.3. The van der Waals surface area contributed by atoms with Crippen LogP contribution in [0.4, 0.5) is 4.39 Å². The molecule has 8 nitrogen and oxygen atoms in total. The van der Waals surface area contributed by atoms with Crippen LogP contribution in [0.25, 0.3) is 0 Å². The van der Waals surface area contributed by atoms with Crippen molar-refractivity contribution in [2.45, 2.75) is 24.5 Å². The molecule has 3 rings (SSSR count). The summed E-state index contributed by atoms with van der Waals surface area (Å²) < 4.78 is 23.7. The molecule has 0 unspecified atom stereocenters. The fraction of sp³-hybridized carbons (Fsp3) is 0.300. The average Bonchev–Trinajstić information content (AvgIpc) is 3.03. The SMILES string of the molecule is CCOC(=O)C1=C2S[C@@H](CC(=O)OC)C(=O)N2C(N)=C(C#N)[C@@H]1c1cccc(F)c1. The lowest BCUT2D eigenvalue weighted by Crippen LogP contribution is -2.38. The number of carbonyl (C=O) groups is 3. The molecule has 10 heteroatoms. The highest BCUT2D eigenvalue weighted by Gasteiger charge is 2.49. The summed E-state index contributed by atoms with van der Waals surface area (Å²) in [6, 6.07) is 7.37. The second-order valence-corrected chi connectivity index (χ2v) is 7.59. The molecule has 1 amide bonds. The smallest absolute Gasteiger partial charge is 0.337 e. The highest BCUT2D eigenvalue weighted by atomic mass is 32.2. The summed E-state index contributed by atoms with van der Waals surface area (Å²) >= 11 is 0.965. The van der Waals surface area contributed by atoms with Crippen molar-refractivity contribution >= 4 is 29.6 Å². The van der Waals surface area contributed by atoms with E-state index in [4.69, 9.17) is 10.5 Å². The van der Waals surface area contributed by atoms with Crippen LogP contribution in [-0.2, 0) is 23.9 Å². The van der Waals surface area contributed by atoms with Gasteiger partial charge in [-0.3, -0.25) is 14.5 Å². The zero-order valence-corrected chi connectivity index (χ0v) is 17.0. The van der Waals surface area contributed by atoms with Gasteiger partial charge in [0.05, 0.1) is 48.3 Å². The van der Waals surface area contributed by atoms with Crippen LogP contribution in [0.2, 0.25) is 0 Å². The van der Waals surface area contributed by atoms with E-state index in [0.29, 0.717) is 5.56 Å². The minimum absolute atomic E-state index is 0.00100. The summed E-state index contributed by atoms with van der Waals surface area (Å²) in [6.07, 6.45) is -0.240. The number of hydrogen-bond acceptors (Lipinski definition) is 8. The Labute approximate surface area is 176 Å². The maximum atomic E-state index is 13.9. The van der Waals surface area contributed by atoms with Gasteiger partial charge < -0.3 is 15.2 Å². The highest BCUT2D eigenvalue weighted by molar-refractivity contribution is 8.04. The summed E-state index contributed by atoms with van der Waals surface area (Å²) in [5.74, 6) is -3.66. The zero-order chi connectivity index (χ0) is 22.0. The number of methoxy groups -OCH3 is 1. The van der Waals surface area contributed by atoms with Gasteiger partial charge in [-0.25, -0.2) is 9.18 Å². The number of fused-ring (bicyclic) bond motifs is 1. The van der Waals surface area contributed by atoms with E-state index < -0.39 is 34.8 Å². The van der Waals surface area contributed by atoms with Crippen LogP contribution in [0.15, 0.2) is 46.3 Å². The Morgan fingerprint density at radius 1 is 1.40 bits per heavy atom. The van der Waals surface area contributed by atoms with E-state index in [2.05, 4.69) is 4.74 Å². The van der Waals surface area contributed by atoms with E-state index in [1.807, 2.05) is 6.07 Å². The second kappa shape index (κ2) is 8.59. The number of nitrogens with zero attached hydrogens (tertiary/aromatic N) is 2. The summed E-state index contributed by atoms with van der Waals surface area (Å²) in [5, 5.41) is 9.05. The van der Waals surface area contributed by atoms with E-state index in [9.17, 15) is 24.0 Å². The number of hydrogen-bond donors (Lipinski definition) is 1. The summed E-state index contributed by atoms with van der Waals surface area (Å²) in [4.78, 5) is 38.6. The molecule has 0 bridgehead atoms. The van der Waals surface area contributed by atoms with Gasteiger partial charge in [0.2, 0.25) is 5.91 Å². The van der Waals surface area contributed by atoms with Crippen LogP contribution < -0.4 is 5.73 Å². The Morgan fingerprint density at radius 3 is 2.73 bits per heavy atom. The number of ether oxygens (including phenoxy) is 2. The molecule has 2 aliphatic heterocycles. The number of rotatable bonds is 5. The molecule has 156 valence electrons. The van der Waals surface area contributed by atoms with Crippen molar-refractivity contribution < 1.29 is 28.2 Å². The minimum atomic E-state index is -1.02. The number of esters is 2. The van der Waals surface area contributed by atoms with E-state index in [0.717, 1.165) is 16.7 Å². The molecule has 0 spiro atoms. The topological polar surface area (TPSA) is 123 Å². The first-order valence-electron chi connectivity index (χ1n) is 8.97. The summed E-state index contributed by atoms with van der Waals surface area (Å²) in [5.41, 5.74) is 6.38. The predicted octanol–water partition coefficient (Wildman–Crippen LogP) is 1.90. The largest absolute Gasteiger partial charge is 0.469 e. The molecule has 0 aliphatic carbocycles. The van der Waals surface area contributed by atoms with Gasteiger partial charge >= 0.3 is 11.9 Å². The number of carbonyl (C=O) groups excluding carboxylic acids is 3. The third-order valence-electron chi connectivity index (χ3n) is 4.65. The molecule has 2 heterocycles. The third kappa shape index (κ3) is 3.64. The first-order valence-corrected chi connectivity index (χ1v) is 9.85. The molecule has 0 saturated carbocycles. The number of allylic oxidation sites excluding steroid dienone is 1. The summed E-state index contributed by atoms with van der Waals surface area (Å²) in [6.45, 7) is 1.67. The average molecular weight is 431 g/mol. The molecule has 1 fully saturated rings. The van der Waals surface area contributed by atoms with Gasteiger partial charge in [0.1, 0.15) is 16.9 Å². The lowest BCUT2D eigenvalue weighted by Gasteiger charge is -2.31. The van der Waals surface area contributed by atoms with Gasteiger partial charge in [-0.2, -0.15) is 5.26 Å². The van der Waals surface area contributed by atoms with Gasteiger partial charge in [-0.05, 0) is 24.6 Å². The molecule has 30 heavy (non-hydrogen) atoms. The molecule has 2 atom stereocenters. The molecule has 1 aromatic rings. The van der Waals surface area contributed by atoms with E-state index in [-0.39, 0.29) is 35.0 Å². The molecule has 2 N–H and O–H groups in total. The van der Waals surface area contributed by atoms with E-state index in [1.54, 1.807) is 13.0 Å². The predicted molar refractivity (Wildman–Crippen MR) is 104 cm³/mol. The van der Waals surface area contributed by atoms with Crippen LogP contribution in [-0.4, -0.2) is 41.7 Å². The molecular formula is C20H18FN3O5S. The normalized spacial score (nSPS) is 20.7. The minimum Gasteiger partial charge on any atom is -0.469 e. The molecule has 2 aliphatic rings. The Balaban J connectivity index is 2.21. The van der Waals surface area contributed by atoms with Crippen molar-refractivity contribution in [3.8, 4) is 6.07 Å². The van der Waals surface area contributed by atoms with Crippen molar-refractivity contribution in [1.82, 2.24) is 4.90 Å². The number of benzene rings is 1. The highest BCUT2D eigenvalue weighted by Crippen LogP contribution is 2.50. The van der Waals surface area contributed by atoms with E-state index >= 15 is 0 Å². The fourth-order valence-corrected chi connectivity index (χ4v) is 4.67. The van der Waals surface area contributed by atoms with Crippen LogP contribution in [0.5, 0.6) is 0 Å². The second-order valence-electron chi connectivity index (χ2n) is 6.40. The number of thioether (sulfide) groups is 1. The van der Waals surface area contributed by atoms with Crippen LogP contribution in [0.3, 0.4) is 0 Å². The van der Waals surface area contributed by atoms with Crippen molar-refractivity contribution in [3.63, 3.8) is 0 Å². The molecular weight excluding hydrogens is 413 g/mol. The van der Waals surface area contributed by atoms with Crippen LogP contribution in [0, 0.1) is 17.1 Å². The molecule has 1 aromatic carbocycles. The Hall–Kier alpha value is -3.32. The number of nitrogens with two attached hydrogens (primary N) is 1. The summed E-state index contributed by atoms with van der Waals surface area (Å²) in [7, 11) is 1.20. The lowest BCUT2D eigenvalue weighted by molar-refractivity contribution is -0.142. The molecule has 1 saturated heterocycles. The first kappa shape index (κ1) is 21.4. The molecule has 0 aromatic heterocycles. The lowest BCUT2D eigenvalue weighted by atomic mass is 9.83. The van der Waals surface area contributed by atoms with Gasteiger partial charge in [0, 0.05) is 0 Å². The van der Waals surface area contributed by atoms with Gasteiger partial charge in [0.25, 0.3) is 0 Å². The third-order valence-corrected chi connectivity index (χ3v) is 5.93. The van der Waals surface area contributed by atoms with Crippen LogP contribution >= 0.6 is 11.8 Å². The Kier molecular flexibility index (Phi) is 6.12. The zero-order valence-electron chi connectivity index (χ0n) is 16.2. The van der Waals surface area contributed by atoms with Gasteiger partial charge in [0.15, 0.2) is 0 Å². The Morgan fingerprint density at radius 2 is 2.13 bits per heavy atom. The van der Waals surface area contributed by atoms with Crippen molar-refractivity contribution in [2.75, 3.05) is 13.7 Å². The number of amides is 1. The number of halogens is 1. The monoisotopic (exact) mass is 431 g/mol. The standard InChI is InChI=1S/C20H18FN3O5S/c1-3-29-20(27)16-15(10-5-4-6-11(21)7-10)12(9-22)17(23)24-18(26)13(30-19(16)24)8-14(25)28-2/h4-7,13,15H,3,8,23H2,1-2H3/t13-,15-/m0/s1. The van der Waals surface area contributed by atoms with Gasteiger partial charge in [-0.15, -0.1) is 0 Å². The van der Waals surface area contributed by atoms with E-state index in [1.165, 1.54) is 25.3 Å². The quantitative estimate of drug-likeness (QED) is 0.702. The maximum absolute atomic E-state index is 13.9. The maximum Gasteiger partial charge on any atom is 0.337 e. The van der Waals surface area contributed by atoms with Crippen molar-refractivity contribution in [1.29, 1.82) is 5.26 Å². The fourth-order valence-electron chi connectivity index (χ4n) is 3.35. The van der Waals surface area contributed by atoms with Gasteiger partial charge in [-0.1, -0.05) is 23.9 Å². The van der Waals surface area contributed by atoms with Crippen molar-refractivity contribution in [2.24, 2.45) is 5.73 Å². The van der Waals surface area contributed by atoms with Crippen LogP contribution in [0.1, 0.15) is 24.8 Å². The Bertz CT molecular complexity index is 1030. The number of nitriles is 1. The molecule has 0 radical (unpaired) electrons.